The van der Waals surface area contributed by atoms with Crippen molar-refractivity contribution < 1.29 is 0 Å². The number of benzene rings is 7. The van der Waals surface area contributed by atoms with Crippen LogP contribution in [0.3, 0.4) is 0 Å². The summed E-state index contributed by atoms with van der Waals surface area (Å²) in [7, 11) is 0. The summed E-state index contributed by atoms with van der Waals surface area (Å²) < 4.78 is 0. The third kappa shape index (κ3) is 10.3. The Labute approximate surface area is 397 Å². The molecule has 0 aliphatic heterocycles. The topological polar surface area (TPSA) is 6.48 Å². The molecule has 0 unspecified atom stereocenters. The Morgan fingerprint density at radius 3 is 0.938 bits per heavy atom. The summed E-state index contributed by atoms with van der Waals surface area (Å²) in [5.74, 6) is 0. The van der Waals surface area contributed by atoms with Gasteiger partial charge in [-0.05, 0) is 115 Å². The Morgan fingerprint density at radius 1 is 0.308 bits per heavy atom. The van der Waals surface area contributed by atoms with Gasteiger partial charge in [0, 0.05) is 28.2 Å². The summed E-state index contributed by atoms with van der Waals surface area (Å²) in [6.45, 7) is 34.1. The monoisotopic (exact) mass is 879 g/mol. The summed E-state index contributed by atoms with van der Waals surface area (Å²) in [5.41, 5.74) is 16.9. The second kappa shape index (κ2) is 17.7. The molecule has 0 aliphatic carbocycles. The van der Waals surface area contributed by atoms with Gasteiger partial charge in [0.25, 0.3) is 0 Å². The molecule has 0 amide bonds. The molecule has 0 fully saturated rings. The van der Waals surface area contributed by atoms with Gasteiger partial charge >= 0.3 is 0 Å². The van der Waals surface area contributed by atoms with Gasteiger partial charge in [0.2, 0.25) is 0 Å². The number of nitrogens with zero attached hydrogens (tertiary/aromatic N) is 2. The van der Waals surface area contributed by atoms with Gasteiger partial charge in [-0.2, -0.15) is 0 Å². The van der Waals surface area contributed by atoms with Crippen molar-refractivity contribution >= 4 is 45.7 Å². The number of halogens is 1. The lowest BCUT2D eigenvalue weighted by atomic mass is 9.83. The van der Waals surface area contributed by atoms with Gasteiger partial charge in [-0.1, -0.05) is 225 Å². The standard InChI is InChI=1S/C62H71ClN2/c1-58(2,3)44-28-34-49(35-29-44)64(50-36-30-45(31-37-50)59(4,5)6)54-26-19-27-55(56(54)63)65(51-38-32-46(33-39-51)60(7,8)9)57-52(42-20-16-22-47(40-42)61(10,11)12)24-18-25-53(57)43-21-17-23-48(41-43)62(13,14)15/h16-41H,1-15H3. The largest absolute Gasteiger partial charge is 0.309 e. The van der Waals surface area contributed by atoms with Crippen LogP contribution in [0.15, 0.2) is 158 Å². The van der Waals surface area contributed by atoms with E-state index >= 15 is 0 Å². The van der Waals surface area contributed by atoms with E-state index in [4.69, 9.17) is 11.6 Å². The third-order valence-electron chi connectivity index (χ3n) is 12.8. The van der Waals surface area contributed by atoms with Crippen molar-refractivity contribution in [2.24, 2.45) is 0 Å². The fourth-order valence-corrected chi connectivity index (χ4v) is 8.85. The van der Waals surface area contributed by atoms with Gasteiger partial charge in [0.15, 0.2) is 0 Å². The van der Waals surface area contributed by atoms with Crippen molar-refractivity contribution in [2.75, 3.05) is 9.80 Å². The minimum Gasteiger partial charge on any atom is -0.309 e. The zero-order valence-electron chi connectivity index (χ0n) is 41.8. The molecule has 3 heteroatoms. The molecule has 0 aliphatic rings. The first-order valence-corrected chi connectivity index (χ1v) is 23.8. The third-order valence-corrected chi connectivity index (χ3v) is 13.1. The van der Waals surface area contributed by atoms with Crippen molar-refractivity contribution in [1.82, 2.24) is 0 Å². The highest BCUT2D eigenvalue weighted by Gasteiger charge is 2.29. The molecule has 0 aromatic heterocycles. The lowest BCUT2D eigenvalue weighted by Crippen LogP contribution is -2.17. The maximum absolute atomic E-state index is 8.09. The fourth-order valence-electron chi connectivity index (χ4n) is 8.56. The average Bonchev–Trinajstić information content (AvgIpc) is 3.24. The summed E-state index contributed by atoms with van der Waals surface area (Å²) in [4.78, 5) is 4.73. The molecule has 7 rings (SSSR count). The van der Waals surface area contributed by atoms with Crippen LogP contribution in [-0.4, -0.2) is 0 Å². The smallest absolute Gasteiger partial charge is 0.0887 e. The molecule has 0 radical (unpaired) electrons. The predicted molar refractivity (Wildman–Crippen MR) is 285 cm³/mol. The Kier molecular flexibility index (Phi) is 12.9. The highest BCUT2D eigenvalue weighted by molar-refractivity contribution is 6.37. The van der Waals surface area contributed by atoms with Crippen LogP contribution < -0.4 is 9.80 Å². The molecule has 7 aromatic rings. The van der Waals surface area contributed by atoms with E-state index in [1.807, 2.05) is 0 Å². The zero-order valence-corrected chi connectivity index (χ0v) is 42.5. The first-order valence-electron chi connectivity index (χ1n) is 23.4. The maximum Gasteiger partial charge on any atom is 0.0887 e. The molecule has 2 nitrogen and oxygen atoms in total. The fraction of sp³-hybridized carbons (Fsp3) is 0.323. The van der Waals surface area contributed by atoms with Gasteiger partial charge in [-0.25, -0.2) is 0 Å². The number of hydrogen-bond donors (Lipinski definition) is 0. The zero-order chi connectivity index (χ0) is 47.3. The summed E-state index contributed by atoms with van der Waals surface area (Å²) in [6.07, 6.45) is 0. The molecular weight excluding hydrogens is 808 g/mol. The Morgan fingerprint density at radius 2 is 0.600 bits per heavy atom. The van der Waals surface area contributed by atoms with Gasteiger partial charge in [0.05, 0.1) is 22.1 Å². The van der Waals surface area contributed by atoms with Gasteiger partial charge in [-0.15, -0.1) is 0 Å². The quantitative estimate of drug-likeness (QED) is 0.150. The van der Waals surface area contributed by atoms with Crippen LogP contribution in [0.1, 0.15) is 132 Å². The number of hydrogen-bond acceptors (Lipinski definition) is 2. The lowest BCUT2D eigenvalue weighted by Gasteiger charge is -2.34. The van der Waals surface area contributed by atoms with E-state index in [2.05, 4.69) is 271 Å². The molecular formula is C62H71ClN2. The maximum atomic E-state index is 8.09. The van der Waals surface area contributed by atoms with E-state index in [0.717, 1.165) is 56.4 Å². The van der Waals surface area contributed by atoms with Crippen LogP contribution in [0, 0.1) is 0 Å². The van der Waals surface area contributed by atoms with Crippen LogP contribution >= 0.6 is 11.6 Å². The normalized spacial score (nSPS) is 12.6. The van der Waals surface area contributed by atoms with Gasteiger partial charge < -0.3 is 9.80 Å². The molecule has 0 heterocycles. The molecule has 0 spiro atoms. The second-order valence-corrected chi connectivity index (χ2v) is 23.4. The SMILES string of the molecule is CC(C)(C)c1ccc(N(c2ccc(C(C)(C)C)cc2)c2cccc(N(c3ccc(C(C)(C)C)cc3)c3c(-c4cccc(C(C)(C)C)c4)cccc3-c3cccc(C(C)(C)C)c3)c2Cl)cc1. The highest BCUT2D eigenvalue weighted by Crippen LogP contribution is 2.52. The van der Waals surface area contributed by atoms with Crippen LogP contribution in [0.5, 0.6) is 0 Å². The van der Waals surface area contributed by atoms with Crippen molar-refractivity contribution in [3.63, 3.8) is 0 Å². The lowest BCUT2D eigenvalue weighted by molar-refractivity contribution is 0.590. The van der Waals surface area contributed by atoms with Crippen molar-refractivity contribution in [1.29, 1.82) is 0 Å². The van der Waals surface area contributed by atoms with Crippen LogP contribution in [0.25, 0.3) is 22.3 Å². The molecule has 0 saturated heterocycles. The van der Waals surface area contributed by atoms with E-state index in [1.54, 1.807) is 0 Å². The van der Waals surface area contributed by atoms with E-state index in [-0.39, 0.29) is 27.1 Å². The number of para-hydroxylation sites is 1. The van der Waals surface area contributed by atoms with Crippen LogP contribution in [-0.2, 0) is 27.1 Å². The van der Waals surface area contributed by atoms with E-state index in [1.165, 1.54) is 27.8 Å². The molecule has 7 aromatic carbocycles. The summed E-state index contributed by atoms with van der Waals surface area (Å²) >= 11 is 8.09. The Hall–Kier alpha value is -5.57. The first kappa shape index (κ1) is 47.4. The van der Waals surface area contributed by atoms with E-state index < -0.39 is 0 Å². The van der Waals surface area contributed by atoms with Crippen molar-refractivity contribution in [2.45, 2.75) is 131 Å². The minimum atomic E-state index is -0.0332. The van der Waals surface area contributed by atoms with Gasteiger partial charge in [0.1, 0.15) is 0 Å². The molecule has 0 N–H and O–H groups in total. The molecule has 0 atom stereocenters. The molecule has 336 valence electrons. The first-order chi connectivity index (χ1) is 30.3. The molecule has 0 bridgehead atoms. The van der Waals surface area contributed by atoms with Crippen molar-refractivity contribution in [3.8, 4) is 22.3 Å². The van der Waals surface area contributed by atoms with Crippen LogP contribution in [0.4, 0.5) is 34.1 Å². The average molecular weight is 880 g/mol. The molecule has 0 saturated carbocycles. The summed E-state index contributed by atoms with van der Waals surface area (Å²) in [6, 6.07) is 58.5. The number of rotatable bonds is 8. The van der Waals surface area contributed by atoms with E-state index in [9.17, 15) is 0 Å². The van der Waals surface area contributed by atoms with Crippen LogP contribution in [0.2, 0.25) is 5.02 Å². The van der Waals surface area contributed by atoms with E-state index in [0.29, 0.717) is 5.02 Å². The number of anilines is 6. The molecule has 65 heavy (non-hydrogen) atoms. The highest BCUT2D eigenvalue weighted by atomic mass is 35.5. The predicted octanol–water partition coefficient (Wildman–Crippen LogP) is 19.1. The Balaban J connectivity index is 1.56. The second-order valence-electron chi connectivity index (χ2n) is 23.0. The minimum absolute atomic E-state index is 0.0161. The Bertz CT molecular complexity index is 2620. The van der Waals surface area contributed by atoms with Crippen molar-refractivity contribution in [3.05, 3.63) is 191 Å². The van der Waals surface area contributed by atoms with Gasteiger partial charge in [-0.3, -0.25) is 0 Å². The summed E-state index contributed by atoms with van der Waals surface area (Å²) in [5, 5.41) is 0.653.